The average molecular weight is 267 g/mol. The summed E-state index contributed by atoms with van der Waals surface area (Å²) in [4.78, 5) is 0. The van der Waals surface area contributed by atoms with Crippen LogP contribution in [0.15, 0.2) is 42.5 Å². The van der Waals surface area contributed by atoms with E-state index in [0.717, 1.165) is 0 Å². The fourth-order valence-electron chi connectivity index (χ4n) is 2.54. The van der Waals surface area contributed by atoms with Crippen LogP contribution < -0.4 is 5.73 Å². The molecule has 0 fully saturated rings. The summed E-state index contributed by atoms with van der Waals surface area (Å²) in [5.74, 6) is 0.612. The number of hydrogen-bond acceptors (Lipinski definition) is 1. The van der Waals surface area contributed by atoms with Crippen LogP contribution in [0.2, 0.25) is 0 Å². The van der Waals surface area contributed by atoms with E-state index in [9.17, 15) is 0 Å². The summed E-state index contributed by atoms with van der Waals surface area (Å²) in [6.07, 6.45) is 1.17. The molecule has 0 bridgehead atoms. The van der Waals surface area contributed by atoms with Gasteiger partial charge in [-0.25, -0.2) is 0 Å². The van der Waals surface area contributed by atoms with Crippen molar-refractivity contribution >= 4 is 0 Å². The highest BCUT2D eigenvalue weighted by Crippen LogP contribution is 2.26. The third kappa shape index (κ3) is 3.10. The Balaban J connectivity index is 2.29. The molecule has 0 aliphatic rings. The standard InChI is InChI=1S/C19H25N/c1-5-14(3)16-8-10-17(11-9-16)19(20)18-12-13(2)6-7-15(18)4/h6-12,14,19H,5,20H2,1-4H3. The first kappa shape index (κ1) is 14.8. The van der Waals surface area contributed by atoms with Gasteiger partial charge < -0.3 is 5.73 Å². The molecule has 2 unspecified atom stereocenters. The van der Waals surface area contributed by atoms with Crippen molar-refractivity contribution in [3.8, 4) is 0 Å². The first-order valence-corrected chi connectivity index (χ1v) is 7.45. The lowest BCUT2D eigenvalue weighted by Gasteiger charge is -2.17. The van der Waals surface area contributed by atoms with Gasteiger partial charge in [-0.05, 0) is 48.4 Å². The summed E-state index contributed by atoms with van der Waals surface area (Å²) in [6.45, 7) is 8.73. The predicted octanol–water partition coefficient (Wildman–Crippen LogP) is 4.87. The maximum Gasteiger partial charge on any atom is 0.0554 e. The molecule has 2 atom stereocenters. The Hall–Kier alpha value is -1.60. The van der Waals surface area contributed by atoms with Crippen LogP contribution in [0.5, 0.6) is 0 Å². The summed E-state index contributed by atoms with van der Waals surface area (Å²) >= 11 is 0. The Morgan fingerprint density at radius 2 is 1.55 bits per heavy atom. The third-order valence-corrected chi connectivity index (χ3v) is 4.25. The van der Waals surface area contributed by atoms with Crippen molar-refractivity contribution in [1.29, 1.82) is 0 Å². The molecule has 20 heavy (non-hydrogen) atoms. The Labute approximate surface area is 122 Å². The minimum absolute atomic E-state index is 0.0408. The minimum Gasteiger partial charge on any atom is -0.320 e. The van der Waals surface area contributed by atoms with Crippen LogP contribution in [0.4, 0.5) is 0 Å². The van der Waals surface area contributed by atoms with Crippen molar-refractivity contribution < 1.29 is 0 Å². The summed E-state index contributed by atoms with van der Waals surface area (Å²) in [6, 6.07) is 15.2. The van der Waals surface area contributed by atoms with Crippen molar-refractivity contribution in [2.24, 2.45) is 5.73 Å². The van der Waals surface area contributed by atoms with E-state index in [0.29, 0.717) is 5.92 Å². The van der Waals surface area contributed by atoms with Gasteiger partial charge in [0.25, 0.3) is 0 Å². The lowest BCUT2D eigenvalue weighted by molar-refractivity contribution is 0.732. The molecule has 0 aliphatic carbocycles. The fourth-order valence-corrected chi connectivity index (χ4v) is 2.54. The molecule has 0 heterocycles. The molecule has 1 nitrogen and oxygen atoms in total. The number of aryl methyl sites for hydroxylation is 2. The van der Waals surface area contributed by atoms with Crippen LogP contribution in [0.1, 0.15) is 60.0 Å². The van der Waals surface area contributed by atoms with Crippen LogP contribution in [-0.2, 0) is 0 Å². The Bertz CT molecular complexity index is 569. The van der Waals surface area contributed by atoms with E-state index in [4.69, 9.17) is 5.73 Å². The molecular formula is C19H25N. The SMILES string of the molecule is CCC(C)c1ccc(C(N)c2cc(C)ccc2C)cc1. The van der Waals surface area contributed by atoms with Gasteiger partial charge in [-0.3, -0.25) is 0 Å². The zero-order valence-corrected chi connectivity index (χ0v) is 13.0. The minimum atomic E-state index is -0.0408. The average Bonchev–Trinajstić information content (AvgIpc) is 2.48. The van der Waals surface area contributed by atoms with Gasteiger partial charge >= 0.3 is 0 Å². The van der Waals surface area contributed by atoms with Crippen molar-refractivity contribution in [1.82, 2.24) is 0 Å². The Kier molecular flexibility index (Phi) is 4.61. The van der Waals surface area contributed by atoms with Crippen LogP contribution in [0.3, 0.4) is 0 Å². The van der Waals surface area contributed by atoms with Gasteiger partial charge in [0, 0.05) is 0 Å². The van der Waals surface area contributed by atoms with Gasteiger partial charge in [-0.15, -0.1) is 0 Å². The number of nitrogens with two attached hydrogens (primary N) is 1. The third-order valence-electron chi connectivity index (χ3n) is 4.25. The summed E-state index contributed by atoms with van der Waals surface area (Å²) in [5.41, 5.74) is 12.8. The lowest BCUT2D eigenvalue weighted by atomic mass is 9.92. The molecule has 2 rings (SSSR count). The number of rotatable bonds is 4. The van der Waals surface area contributed by atoms with Crippen LogP contribution in [0.25, 0.3) is 0 Å². The molecule has 0 saturated carbocycles. The zero-order chi connectivity index (χ0) is 14.7. The second kappa shape index (κ2) is 6.23. The molecule has 0 aliphatic heterocycles. The molecule has 0 amide bonds. The first-order chi connectivity index (χ1) is 9.52. The summed E-state index contributed by atoms with van der Waals surface area (Å²) in [5, 5.41) is 0. The zero-order valence-electron chi connectivity index (χ0n) is 13.0. The maximum atomic E-state index is 6.44. The van der Waals surface area contributed by atoms with Gasteiger partial charge in [0.1, 0.15) is 0 Å². The number of hydrogen-bond donors (Lipinski definition) is 1. The highest BCUT2D eigenvalue weighted by molar-refractivity contribution is 5.39. The van der Waals surface area contributed by atoms with Crippen molar-refractivity contribution in [3.05, 3.63) is 70.3 Å². The van der Waals surface area contributed by atoms with E-state index in [1.807, 2.05) is 0 Å². The van der Waals surface area contributed by atoms with Gasteiger partial charge in [-0.2, -0.15) is 0 Å². The van der Waals surface area contributed by atoms with E-state index in [-0.39, 0.29) is 6.04 Å². The highest BCUT2D eigenvalue weighted by atomic mass is 14.6. The fraction of sp³-hybridized carbons (Fsp3) is 0.368. The topological polar surface area (TPSA) is 26.0 Å². The molecule has 2 aromatic carbocycles. The van der Waals surface area contributed by atoms with Gasteiger partial charge in [0.15, 0.2) is 0 Å². The predicted molar refractivity (Wildman–Crippen MR) is 87.1 cm³/mol. The molecule has 106 valence electrons. The van der Waals surface area contributed by atoms with Crippen molar-refractivity contribution in [2.75, 3.05) is 0 Å². The van der Waals surface area contributed by atoms with Crippen molar-refractivity contribution in [3.63, 3.8) is 0 Å². The van der Waals surface area contributed by atoms with Crippen LogP contribution >= 0.6 is 0 Å². The van der Waals surface area contributed by atoms with E-state index in [1.165, 1.54) is 34.2 Å². The second-order valence-electron chi connectivity index (χ2n) is 5.81. The van der Waals surface area contributed by atoms with Crippen LogP contribution in [-0.4, -0.2) is 0 Å². The Morgan fingerprint density at radius 1 is 0.950 bits per heavy atom. The molecule has 0 radical (unpaired) electrons. The van der Waals surface area contributed by atoms with E-state index < -0.39 is 0 Å². The van der Waals surface area contributed by atoms with E-state index in [2.05, 4.69) is 70.2 Å². The van der Waals surface area contributed by atoms with Crippen LogP contribution in [0, 0.1) is 13.8 Å². The Morgan fingerprint density at radius 3 is 2.15 bits per heavy atom. The van der Waals surface area contributed by atoms with Gasteiger partial charge in [0.05, 0.1) is 6.04 Å². The molecule has 0 spiro atoms. The quantitative estimate of drug-likeness (QED) is 0.840. The normalized spacial score (nSPS) is 14.1. The summed E-state index contributed by atoms with van der Waals surface area (Å²) in [7, 11) is 0. The monoisotopic (exact) mass is 267 g/mol. The van der Waals surface area contributed by atoms with Gasteiger partial charge in [0.2, 0.25) is 0 Å². The molecular weight excluding hydrogens is 242 g/mol. The van der Waals surface area contributed by atoms with E-state index >= 15 is 0 Å². The number of benzene rings is 2. The highest BCUT2D eigenvalue weighted by Gasteiger charge is 2.12. The smallest absolute Gasteiger partial charge is 0.0554 e. The molecule has 0 saturated heterocycles. The second-order valence-corrected chi connectivity index (χ2v) is 5.81. The lowest BCUT2D eigenvalue weighted by Crippen LogP contribution is -2.13. The van der Waals surface area contributed by atoms with E-state index in [1.54, 1.807) is 0 Å². The maximum absolute atomic E-state index is 6.44. The molecule has 2 aromatic rings. The molecule has 1 heteroatoms. The first-order valence-electron chi connectivity index (χ1n) is 7.45. The molecule has 0 aromatic heterocycles. The largest absolute Gasteiger partial charge is 0.320 e. The summed E-state index contributed by atoms with van der Waals surface area (Å²) < 4.78 is 0. The van der Waals surface area contributed by atoms with Crippen molar-refractivity contribution in [2.45, 2.75) is 46.1 Å². The molecule has 2 N–H and O–H groups in total. The van der Waals surface area contributed by atoms with Gasteiger partial charge in [-0.1, -0.05) is 61.9 Å².